The monoisotopic (exact) mass is 196 g/mol. The SMILES string of the molecule is CC[C@H](C)C(=O)O[C@H]1C=C(C)CCC1. The van der Waals surface area contributed by atoms with E-state index in [1.165, 1.54) is 5.57 Å². The van der Waals surface area contributed by atoms with Crippen molar-refractivity contribution in [1.29, 1.82) is 0 Å². The van der Waals surface area contributed by atoms with E-state index in [1.807, 2.05) is 13.8 Å². The van der Waals surface area contributed by atoms with Gasteiger partial charge in [-0.1, -0.05) is 19.4 Å². The molecule has 0 aromatic heterocycles. The lowest BCUT2D eigenvalue weighted by Crippen LogP contribution is -2.22. The molecule has 2 nitrogen and oxygen atoms in total. The van der Waals surface area contributed by atoms with Crippen molar-refractivity contribution in [3.63, 3.8) is 0 Å². The average molecular weight is 196 g/mol. The first-order chi connectivity index (χ1) is 6.63. The van der Waals surface area contributed by atoms with Crippen LogP contribution < -0.4 is 0 Å². The van der Waals surface area contributed by atoms with Gasteiger partial charge >= 0.3 is 5.97 Å². The normalized spacial score (nSPS) is 23.9. The second-order valence-corrected chi connectivity index (χ2v) is 4.19. The predicted molar refractivity (Wildman–Crippen MR) is 56.9 cm³/mol. The van der Waals surface area contributed by atoms with E-state index in [4.69, 9.17) is 4.74 Å². The molecule has 0 saturated carbocycles. The molecule has 0 bridgehead atoms. The van der Waals surface area contributed by atoms with Crippen LogP contribution in [0.25, 0.3) is 0 Å². The minimum atomic E-state index is -0.0524. The Morgan fingerprint density at radius 2 is 2.43 bits per heavy atom. The third-order valence-electron chi connectivity index (χ3n) is 2.81. The van der Waals surface area contributed by atoms with Crippen molar-refractivity contribution < 1.29 is 9.53 Å². The Kier molecular flexibility index (Phi) is 4.18. The fourth-order valence-electron chi connectivity index (χ4n) is 1.59. The second kappa shape index (κ2) is 5.18. The fraction of sp³-hybridized carbons (Fsp3) is 0.750. The smallest absolute Gasteiger partial charge is 0.309 e. The van der Waals surface area contributed by atoms with Crippen LogP contribution >= 0.6 is 0 Å². The van der Waals surface area contributed by atoms with E-state index in [0.717, 1.165) is 25.7 Å². The summed E-state index contributed by atoms with van der Waals surface area (Å²) in [5.41, 5.74) is 1.35. The molecule has 1 aliphatic rings. The fourth-order valence-corrected chi connectivity index (χ4v) is 1.59. The number of hydrogen-bond donors (Lipinski definition) is 0. The first-order valence-corrected chi connectivity index (χ1v) is 5.51. The number of carbonyl (C=O) groups is 1. The van der Waals surface area contributed by atoms with Crippen LogP contribution in [-0.4, -0.2) is 12.1 Å². The number of rotatable bonds is 3. The lowest BCUT2D eigenvalue weighted by Gasteiger charge is -2.21. The summed E-state index contributed by atoms with van der Waals surface area (Å²) >= 11 is 0. The third kappa shape index (κ3) is 3.17. The minimum Gasteiger partial charge on any atom is -0.458 e. The molecule has 0 radical (unpaired) electrons. The Hall–Kier alpha value is -0.790. The molecule has 14 heavy (non-hydrogen) atoms. The maximum absolute atomic E-state index is 11.5. The highest BCUT2D eigenvalue weighted by Gasteiger charge is 2.19. The van der Waals surface area contributed by atoms with E-state index < -0.39 is 0 Å². The molecule has 1 rings (SSSR count). The van der Waals surface area contributed by atoms with E-state index in [1.54, 1.807) is 0 Å². The molecule has 80 valence electrons. The molecule has 0 amide bonds. The molecular formula is C12H20O2. The standard InChI is InChI=1S/C12H20O2/c1-4-10(3)12(13)14-11-7-5-6-9(2)8-11/h8,10-11H,4-7H2,1-3H3/t10-,11+/m0/s1. The zero-order chi connectivity index (χ0) is 10.6. The summed E-state index contributed by atoms with van der Waals surface area (Å²) in [5.74, 6) is -0.0194. The Morgan fingerprint density at radius 1 is 1.71 bits per heavy atom. The van der Waals surface area contributed by atoms with Crippen molar-refractivity contribution in [3.05, 3.63) is 11.6 Å². The van der Waals surface area contributed by atoms with Gasteiger partial charge in [-0.2, -0.15) is 0 Å². The van der Waals surface area contributed by atoms with Gasteiger partial charge < -0.3 is 4.74 Å². The molecule has 0 N–H and O–H groups in total. The van der Waals surface area contributed by atoms with Crippen molar-refractivity contribution in [2.75, 3.05) is 0 Å². The van der Waals surface area contributed by atoms with Crippen molar-refractivity contribution in [3.8, 4) is 0 Å². The molecule has 0 fully saturated rings. The topological polar surface area (TPSA) is 26.3 Å². The predicted octanol–water partition coefficient (Wildman–Crippen LogP) is 3.07. The summed E-state index contributed by atoms with van der Waals surface area (Å²) in [4.78, 5) is 11.5. The molecule has 0 saturated heterocycles. The van der Waals surface area contributed by atoms with Crippen LogP contribution in [0.3, 0.4) is 0 Å². The van der Waals surface area contributed by atoms with E-state index >= 15 is 0 Å². The quantitative estimate of drug-likeness (QED) is 0.512. The van der Waals surface area contributed by atoms with Crippen molar-refractivity contribution in [2.45, 2.75) is 52.6 Å². The van der Waals surface area contributed by atoms with Crippen LogP contribution in [0.5, 0.6) is 0 Å². The van der Waals surface area contributed by atoms with Gasteiger partial charge in [0.1, 0.15) is 6.10 Å². The number of carbonyl (C=O) groups excluding carboxylic acids is 1. The highest BCUT2D eigenvalue weighted by Crippen LogP contribution is 2.20. The molecule has 0 spiro atoms. The van der Waals surface area contributed by atoms with Gasteiger partial charge in [-0.25, -0.2) is 0 Å². The zero-order valence-electron chi connectivity index (χ0n) is 9.38. The molecular weight excluding hydrogens is 176 g/mol. The first-order valence-electron chi connectivity index (χ1n) is 5.51. The third-order valence-corrected chi connectivity index (χ3v) is 2.81. The number of ether oxygens (including phenoxy) is 1. The van der Waals surface area contributed by atoms with E-state index in [-0.39, 0.29) is 18.0 Å². The van der Waals surface area contributed by atoms with Crippen molar-refractivity contribution >= 4 is 5.97 Å². The van der Waals surface area contributed by atoms with Gasteiger partial charge in [0.25, 0.3) is 0 Å². The van der Waals surface area contributed by atoms with Crippen LogP contribution in [0.4, 0.5) is 0 Å². The largest absolute Gasteiger partial charge is 0.458 e. The van der Waals surface area contributed by atoms with E-state index in [9.17, 15) is 4.79 Å². The Bertz CT molecular complexity index is 230. The average Bonchev–Trinajstić information content (AvgIpc) is 2.16. The Morgan fingerprint density at radius 3 is 3.00 bits per heavy atom. The van der Waals surface area contributed by atoms with Crippen LogP contribution in [-0.2, 0) is 9.53 Å². The highest BCUT2D eigenvalue weighted by molar-refractivity contribution is 5.72. The molecule has 0 aromatic rings. The Balaban J connectivity index is 2.44. The van der Waals surface area contributed by atoms with Gasteiger partial charge in [0.05, 0.1) is 5.92 Å². The summed E-state index contributed by atoms with van der Waals surface area (Å²) in [6.45, 7) is 6.03. The molecule has 0 aliphatic heterocycles. The van der Waals surface area contributed by atoms with E-state index in [2.05, 4.69) is 13.0 Å². The minimum absolute atomic E-state index is 0.0326. The van der Waals surface area contributed by atoms with Crippen molar-refractivity contribution in [1.82, 2.24) is 0 Å². The number of hydrogen-bond acceptors (Lipinski definition) is 2. The lowest BCUT2D eigenvalue weighted by atomic mass is 9.98. The molecule has 2 atom stereocenters. The molecule has 1 aliphatic carbocycles. The van der Waals surface area contributed by atoms with E-state index in [0.29, 0.717) is 0 Å². The van der Waals surface area contributed by atoms with Gasteiger partial charge in [-0.15, -0.1) is 0 Å². The maximum atomic E-state index is 11.5. The highest BCUT2D eigenvalue weighted by atomic mass is 16.5. The second-order valence-electron chi connectivity index (χ2n) is 4.19. The summed E-state index contributed by atoms with van der Waals surface area (Å²) in [5, 5.41) is 0. The molecule has 0 unspecified atom stereocenters. The van der Waals surface area contributed by atoms with Crippen LogP contribution in [0.2, 0.25) is 0 Å². The van der Waals surface area contributed by atoms with Gasteiger partial charge in [0.2, 0.25) is 0 Å². The van der Waals surface area contributed by atoms with Gasteiger partial charge in [0, 0.05) is 0 Å². The summed E-state index contributed by atoms with van der Waals surface area (Å²) in [6, 6.07) is 0. The summed E-state index contributed by atoms with van der Waals surface area (Å²) in [7, 11) is 0. The molecule has 0 aromatic carbocycles. The molecule has 2 heteroatoms. The Labute approximate surface area is 86.3 Å². The van der Waals surface area contributed by atoms with Crippen LogP contribution in [0, 0.1) is 5.92 Å². The summed E-state index contributed by atoms with van der Waals surface area (Å²) in [6.07, 6.45) is 6.25. The van der Waals surface area contributed by atoms with Gasteiger partial charge in [-0.3, -0.25) is 4.79 Å². The van der Waals surface area contributed by atoms with Gasteiger partial charge in [-0.05, 0) is 38.7 Å². The first kappa shape index (κ1) is 11.3. The van der Waals surface area contributed by atoms with Crippen LogP contribution in [0.1, 0.15) is 46.5 Å². The summed E-state index contributed by atoms with van der Waals surface area (Å²) < 4.78 is 5.40. The number of allylic oxidation sites excluding steroid dienone is 1. The molecule has 0 heterocycles. The van der Waals surface area contributed by atoms with Crippen molar-refractivity contribution in [2.24, 2.45) is 5.92 Å². The number of esters is 1. The van der Waals surface area contributed by atoms with Crippen LogP contribution in [0.15, 0.2) is 11.6 Å². The maximum Gasteiger partial charge on any atom is 0.309 e. The lowest BCUT2D eigenvalue weighted by molar-refractivity contribution is -0.151. The van der Waals surface area contributed by atoms with Gasteiger partial charge in [0.15, 0.2) is 0 Å². The zero-order valence-corrected chi connectivity index (χ0v) is 9.38.